The molecule has 2 aromatic carbocycles. The van der Waals surface area contributed by atoms with Crippen molar-refractivity contribution in [2.24, 2.45) is 0 Å². The van der Waals surface area contributed by atoms with Crippen LogP contribution in [-0.4, -0.2) is 43.0 Å². The lowest BCUT2D eigenvalue weighted by Gasteiger charge is -2.31. The topological polar surface area (TPSA) is 132 Å². The van der Waals surface area contributed by atoms with Gasteiger partial charge in [0.05, 0.1) is 36.3 Å². The van der Waals surface area contributed by atoms with E-state index >= 15 is 0 Å². The first kappa shape index (κ1) is 25.0. The summed E-state index contributed by atoms with van der Waals surface area (Å²) >= 11 is 0. The number of nitro groups is 1. The van der Waals surface area contributed by atoms with Gasteiger partial charge in [0.25, 0.3) is 5.69 Å². The molecule has 1 heterocycles. The number of sulfonamides is 1. The van der Waals surface area contributed by atoms with Crippen molar-refractivity contribution < 1.29 is 32.3 Å². The fourth-order valence-corrected chi connectivity index (χ4v) is 4.99. The van der Waals surface area contributed by atoms with E-state index in [1.54, 1.807) is 24.3 Å². The van der Waals surface area contributed by atoms with Crippen molar-refractivity contribution in [3.8, 4) is 11.5 Å². The summed E-state index contributed by atoms with van der Waals surface area (Å²) in [6.45, 7) is 3.51. The maximum Gasteiger partial charge on any atom is 0.269 e. The Morgan fingerprint density at radius 2 is 1.88 bits per heavy atom. The molecule has 0 bridgehead atoms. The van der Waals surface area contributed by atoms with Gasteiger partial charge in [-0.3, -0.25) is 10.1 Å². The van der Waals surface area contributed by atoms with Crippen molar-refractivity contribution in [3.63, 3.8) is 0 Å². The second-order valence-electron chi connectivity index (χ2n) is 7.17. The van der Waals surface area contributed by atoms with E-state index in [-0.39, 0.29) is 22.9 Å². The summed E-state index contributed by atoms with van der Waals surface area (Å²) in [5, 5.41) is 21.9. The Balaban J connectivity index is 2.11. The third kappa shape index (κ3) is 5.11. The molecule has 11 heteroatoms. The molecule has 0 fully saturated rings. The first-order valence-corrected chi connectivity index (χ1v) is 11.5. The second-order valence-corrected chi connectivity index (χ2v) is 9.06. The van der Waals surface area contributed by atoms with Crippen molar-refractivity contribution in [2.45, 2.75) is 23.6 Å². The van der Waals surface area contributed by atoms with E-state index in [2.05, 4.69) is 6.58 Å². The molecule has 1 N–H and O–H groups in total. The highest BCUT2D eigenvalue weighted by Crippen LogP contribution is 2.33. The Kier molecular flexibility index (Phi) is 7.72. The van der Waals surface area contributed by atoms with Crippen molar-refractivity contribution in [2.75, 3.05) is 14.2 Å². The van der Waals surface area contributed by atoms with Gasteiger partial charge >= 0.3 is 0 Å². The van der Waals surface area contributed by atoms with Crippen LogP contribution in [0.25, 0.3) is 0 Å². The van der Waals surface area contributed by atoms with E-state index in [1.165, 1.54) is 32.6 Å². The summed E-state index contributed by atoms with van der Waals surface area (Å²) < 4.78 is 44.4. The monoisotopic (exact) mass is 488 g/mol. The van der Waals surface area contributed by atoms with E-state index in [0.29, 0.717) is 17.1 Å². The Bertz CT molecular complexity index is 1240. The zero-order valence-electron chi connectivity index (χ0n) is 18.5. The molecule has 10 nitrogen and oxygen atoms in total. The fourth-order valence-electron chi connectivity index (χ4n) is 3.41. The minimum atomic E-state index is -4.28. The largest absolute Gasteiger partial charge is 0.497 e. The van der Waals surface area contributed by atoms with Crippen molar-refractivity contribution >= 4 is 15.7 Å². The molecule has 0 aliphatic carbocycles. The number of hydrogen-bond acceptors (Lipinski definition) is 8. The van der Waals surface area contributed by atoms with E-state index in [9.17, 15) is 23.6 Å². The minimum Gasteiger partial charge on any atom is -0.497 e. The Morgan fingerprint density at radius 1 is 1.18 bits per heavy atom. The molecule has 3 rings (SSSR count). The van der Waals surface area contributed by atoms with Crippen LogP contribution in [0.2, 0.25) is 0 Å². The van der Waals surface area contributed by atoms with Gasteiger partial charge in [0.2, 0.25) is 10.0 Å². The average molecular weight is 489 g/mol. The molecule has 0 saturated heterocycles. The number of non-ortho nitro benzene ring substituents is 1. The van der Waals surface area contributed by atoms with E-state index in [4.69, 9.17) is 13.9 Å². The smallest absolute Gasteiger partial charge is 0.269 e. The summed E-state index contributed by atoms with van der Waals surface area (Å²) in [4.78, 5) is 10.2. The number of furan rings is 1. The van der Waals surface area contributed by atoms with Gasteiger partial charge in [0.1, 0.15) is 23.4 Å². The fraction of sp³-hybridized carbons (Fsp3) is 0.217. The molecule has 0 saturated carbocycles. The lowest BCUT2D eigenvalue weighted by atomic mass is 10.1. The van der Waals surface area contributed by atoms with Crippen LogP contribution in [0.3, 0.4) is 0 Å². The summed E-state index contributed by atoms with van der Waals surface area (Å²) in [6.07, 6.45) is 1.29. The SMILES string of the molecule is C=C[C@H]([C@@H](O)c1ccco1)N(Cc1ccc(OC)cc1OC)S(=O)(=O)c1ccc([N+](=O)[O-])cc1. The Hall–Kier alpha value is -3.67. The summed E-state index contributed by atoms with van der Waals surface area (Å²) in [5.74, 6) is 1.04. The van der Waals surface area contributed by atoms with E-state index in [0.717, 1.165) is 28.6 Å². The van der Waals surface area contributed by atoms with Crippen LogP contribution in [0, 0.1) is 10.1 Å². The molecule has 0 radical (unpaired) electrons. The summed E-state index contributed by atoms with van der Waals surface area (Å²) in [5.41, 5.74) is 0.241. The van der Waals surface area contributed by atoms with Gasteiger partial charge in [0.15, 0.2) is 0 Å². The highest BCUT2D eigenvalue weighted by Gasteiger charge is 2.36. The minimum absolute atomic E-state index is 0.149. The predicted octanol–water partition coefficient (Wildman–Crippen LogP) is 3.68. The number of hydrogen-bond donors (Lipinski definition) is 1. The van der Waals surface area contributed by atoms with Crippen molar-refractivity contribution in [1.29, 1.82) is 0 Å². The van der Waals surface area contributed by atoms with Gasteiger partial charge in [-0.05, 0) is 30.3 Å². The van der Waals surface area contributed by atoms with Crippen LogP contribution in [0.4, 0.5) is 5.69 Å². The van der Waals surface area contributed by atoms with E-state index in [1.807, 2.05) is 0 Å². The normalized spacial score (nSPS) is 13.3. The zero-order valence-corrected chi connectivity index (χ0v) is 19.3. The molecule has 1 aromatic heterocycles. The lowest BCUT2D eigenvalue weighted by Crippen LogP contribution is -2.42. The quantitative estimate of drug-likeness (QED) is 0.246. The van der Waals surface area contributed by atoms with Gasteiger partial charge in [-0.25, -0.2) is 8.42 Å². The molecular weight excluding hydrogens is 464 g/mol. The second kappa shape index (κ2) is 10.5. The third-order valence-corrected chi connectivity index (χ3v) is 7.06. The van der Waals surface area contributed by atoms with Crippen LogP contribution >= 0.6 is 0 Å². The molecule has 0 spiro atoms. The van der Waals surface area contributed by atoms with Crippen LogP contribution in [0.1, 0.15) is 17.4 Å². The number of ether oxygens (including phenoxy) is 2. The van der Waals surface area contributed by atoms with Crippen molar-refractivity contribution in [3.05, 3.63) is 95.0 Å². The molecular formula is C23H24N2O8S. The predicted molar refractivity (Wildman–Crippen MR) is 123 cm³/mol. The maximum atomic E-state index is 13.7. The molecule has 2 atom stereocenters. The molecule has 0 aliphatic rings. The van der Waals surface area contributed by atoms with Gasteiger partial charge in [-0.2, -0.15) is 4.31 Å². The third-order valence-electron chi connectivity index (χ3n) is 5.21. The maximum absolute atomic E-state index is 13.7. The highest BCUT2D eigenvalue weighted by atomic mass is 32.2. The first-order chi connectivity index (χ1) is 16.2. The number of nitrogens with zero attached hydrogens (tertiary/aromatic N) is 2. The Labute approximate surface area is 196 Å². The van der Waals surface area contributed by atoms with Crippen LogP contribution in [0.5, 0.6) is 11.5 Å². The van der Waals surface area contributed by atoms with Gasteiger partial charge in [-0.15, -0.1) is 6.58 Å². The molecule has 0 aliphatic heterocycles. The number of nitro benzene ring substituents is 1. The number of rotatable bonds is 11. The van der Waals surface area contributed by atoms with E-state index < -0.39 is 27.1 Å². The van der Waals surface area contributed by atoms with Crippen LogP contribution in [0.15, 0.2) is 82.8 Å². The molecule has 34 heavy (non-hydrogen) atoms. The molecule has 0 amide bonds. The molecule has 3 aromatic rings. The van der Waals surface area contributed by atoms with Crippen molar-refractivity contribution in [1.82, 2.24) is 4.31 Å². The zero-order chi connectivity index (χ0) is 24.9. The molecule has 0 unspecified atom stereocenters. The standard InChI is InChI=1S/C23H24N2O8S/c1-4-20(23(26)21-6-5-13-33-21)24(15-16-7-10-18(31-2)14-22(16)32-3)34(29,30)19-11-8-17(9-12-19)25(27)28/h4-14,20,23,26H,1,15H2,2-3H3/t20-,23-/m1/s1. The number of benzene rings is 2. The summed E-state index contributed by atoms with van der Waals surface area (Å²) in [7, 11) is -1.34. The van der Waals surface area contributed by atoms with Crippen LogP contribution in [-0.2, 0) is 16.6 Å². The Morgan fingerprint density at radius 3 is 2.41 bits per heavy atom. The highest BCUT2D eigenvalue weighted by molar-refractivity contribution is 7.89. The first-order valence-electron chi connectivity index (χ1n) is 10.0. The average Bonchev–Trinajstić information content (AvgIpc) is 3.39. The number of aliphatic hydroxyl groups is 1. The number of aliphatic hydroxyl groups excluding tert-OH is 1. The number of methoxy groups -OCH3 is 2. The lowest BCUT2D eigenvalue weighted by molar-refractivity contribution is -0.384. The van der Waals surface area contributed by atoms with Gasteiger partial charge < -0.3 is 19.0 Å². The van der Waals surface area contributed by atoms with Crippen LogP contribution < -0.4 is 9.47 Å². The van der Waals surface area contributed by atoms with Gasteiger partial charge in [-0.1, -0.05) is 12.1 Å². The van der Waals surface area contributed by atoms with Gasteiger partial charge in [0, 0.05) is 30.3 Å². The molecule has 180 valence electrons. The summed E-state index contributed by atoms with van der Waals surface area (Å²) in [6, 6.07) is 11.4.